The summed E-state index contributed by atoms with van der Waals surface area (Å²) < 4.78 is 3.51. The summed E-state index contributed by atoms with van der Waals surface area (Å²) in [6, 6.07) is 1.66. The Morgan fingerprint density at radius 2 is 2.28 bits per heavy atom. The largest absolute Gasteiger partial charge is 0.397 e. The summed E-state index contributed by atoms with van der Waals surface area (Å²) in [6.45, 7) is 3.17. The second-order valence-electron chi connectivity index (χ2n) is 4.31. The highest BCUT2D eigenvalue weighted by atomic mass is 16.1. The van der Waals surface area contributed by atoms with E-state index >= 15 is 0 Å². The number of rotatable bonds is 4. The first-order valence-corrected chi connectivity index (χ1v) is 5.75. The second-order valence-corrected chi connectivity index (χ2v) is 4.31. The van der Waals surface area contributed by atoms with Crippen LogP contribution < -0.4 is 11.1 Å². The lowest BCUT2D eigenvalue weighted by molar-refractivity contribution is 0.0944. The van der Waals surface area contributed by atoms with E-state index in [-0.39, 0.29) is 5.91 Å². The third-order valence-corrected chi connectivity index (χ3v) is 2.65. The molecule has 0 fully saturated rings. The van der Waals surface area contributed by atoms with Crippen molar-refractivity contribution in [2.45, 2.75) is 13.5 Å². The highest BCUT2D eigenvalue weighted by Crippen LogP contribution is 2.08. The van der Waals surface area contributed by atoms with E-state index in [1.54, 1.807) is 34.8 Å². The van der Waals surface area contributed by atoms with Gasteiger partial charge in [0.15, 0.2) is 0 Å². The summed E-state index contributed by atoms with van der Waals surface area (Å²) in [5.74, 6) is -0.127. The molecule has 0 spiro atoms. The van der Waals surface area contributed by atoms with Gasteiger partial charge in [-0.1, -0.05) is 0 Å². The normalized spacial score (nSPS) is 10.6. The Bertz CT molecular complexity index is 555. The molecule has 0 aliphatic heterocycles. The molecule has 3 N–H and O–H groups in total. The fourth-order valence-corrected chi connectivity index (χ4v) is 1.78. The van der Waals surface area contributed by atoms with Crippen LogP contribution in [-0.2, 0) is 13.6 Å². The number of nitrogens with zero attached hydrogens (tertiary/aromatic N) is 3. The maximum absolute atomic E-state index is 11.9. The smallest absolute Gasteiger partial charge is 0.268 e. The van der Waals surface area contributed by atoms with Crippen LogP contribution in [0.5, 0.6) is 0 Å². The van der Waals surface area contributed by atoms with Crippen LogP contribution in [0.3, 0.4) is 0 Å². The first kappa shape index (κ1) is 12.2. The molecule has 0 aliphatic carbocycles. The molecule has 0 saturated carbocycles. The zero-order valence-electron chi connectivity index (χ0n) is 10.6. The topological polar surface area (TPSA) is 77.9 Å². The molecule has 2 heterocycles. The van der Waals surface area contributed by atoms with Gasteiger partial charge in [-0.15, -0.1) is 0 Å². The Labute approximate surface area is 105 Å². The predicted octanol–water partition coefficient (Wildman–Crippen LogP) is 0.542. The Kier molecular flexibility index (Phi) is 3.36. The van der Waals surface area contributed by atoms with Crippen LogP contribution in [-0.4, -0.2) is 26.8 Å². The minimum atomic E-state index is -0.127. The molecule has 1 amide bonds. The number of nitrogens with two attached hydrogens (primary N) is 1. The van der Waals surface area contributed by atoms with Crippen molar-refractivity contribution in [1.29, 1.82) is 0 Å². The molecule has 0 radical (unpaired) electrons. The SMILES string of the molecule is Cc1cnn(CCNC(=O)c2cc(N)cn2C)c1. The number of nitrogen functional groups attached to an aromatic ring is 1. The van der Waals surface area contributed by atoms with E-state index in [9.17, 15) is 4.79 Å². The maximum Gasteiger partial charge on any atom is 0.268 e. The van der Waals surface area contributed by atoms with Crippen LogP contribution in [0.25, 0.3) is 0 Å². The van der Waals surface area contributed by atoms with E-state index in [2.05, 4.69) is 10.4 Å². The number of aryl methyl sites for hydroxylation is 2. The molecule has 6 heteroatoms. The van der Waals surface area contributed by atoms with Gasteiger partial charge in [-0.2, -0.15) is 5.10 Å². The van der Waals surface area contributed by atoms with Crippen LogP contribution in [0.2, 0.25) is 0 Å². The molecule has 2 rings (SSSR count). The molecule has 18 heavy (non-hydrogen) atoms. The molecular weight excluding hydrogens is 230 g/mol. The lowest BCUT2D eigenvalue weighted by Crippen LogP contribution is -2.28. The molecule has 96 valence electrons. The molecule has 0 bridgehead atoms. The fourth-order valence-electron chi connectivity index (χ4n) is 1.78. The zero-order valence-corrected chi connectivity index (χ0v) is 10.6. The molecule has 2 aromatic rings. The lowest BCUT2D eigenvalue weighted by atomic mass is 10.4. The summed E-state index contributed by atoms with van der Waals surface area (Å²) in [4.78, 5) is 11.9. The molecule has 6 nitrogen and oxygen atoms in total. The van der Waals surface area contributed by atoms with Crippen LogP contribution in [0.4, 0.5) is 5.69 Å². The van der Waals surface area contributed by atoms with Gasteiger partial charge in [0.05, 0.1) is 18.4 Å². The monoisotopic (exact) mass is 247 g/mol. The van der Waals surface area contributed by atoms with Crippen molar-refractivity contribution in [3.63, 3.8) is 0 Å². The van der Waals surface area contributed by atoms with Crippen molar-refractivity contribution in [2.24, 2.45) is 7.05 Å². The summed E-state index contributed by atoms with van der Waals surface area (Å²) in [6.07, 6.45) is 5.44. The van der Waals surface area contributed by atoms with Gasteiger partial charge in [0.1, 0.15) is 5.69 Å². The fraction of sp³-hybridized carbons (Fsp3) is 0.333. The third-order valence-electron chi connectivity index (χ3n) is 2.65. The van der Waals surface area contributed by atoms with Gasteiger partial charge in [0, 0.05) is 26.0 Å². The van der Waals surface area contributed by atoms with Crippen LogP contribution >= 0.6 is 0 Å². The zero-order chi connectivity index (χ0) is 13.1. The van der Waals surface area contributed by atoms with Crippen LogP contribution in [0.15, 0.2) is 24.7 Å². The Hall–Kier alpha value is -2.24. The number of amides is 1. The van der Waals surface area contributed by atoms with Crippen molar-refractivity contribution in [2.75, 3.05) is 12.3 Å². The number of nitrogens with one attached hydrogen (secondary N) is 1. The number of anilines is 1. The predicted molar refractivity (Wildman–Crippen MR) is 69.1 cm³/mol. The van der Waals surface area contributed by atoms with Gasteiger partial charge < -0.3 is 15.6 Å². The Morgan fingerprint density at radius 3 is 2.83 bits per heavy atom. The molecule has 0 aliphatic rings. The van der Waals surface area contributed by atoms with Gasteiger partial charge >= 0.3 is 0 Å². The van der Waals surface area contributed by atoms with E-state index in [1.807, 2.05) is 13.1 Å². The summed E-state index contributed by atoms with van der Waals surface area (Å²) in [5.41, 5.74) is 7.88. The van der Waals surface area contributed by atoms with E-state index < -0.39 is 0 Å². The number of carbonyl (C=O) groups excluding carboxylic acids is 1. The van der Waals surface area contributed by atoms with Gasteiger partial charge in [0.2, 0.25) is 0 Å². The van der Waals surface area contributed by atoms with E-state index in [4.69, 9.17) is 5.73 Å². The number of hydrogen-bond donors (Lipinski definition) is 2. The minimum Gasteiger partial charge on any atom is -0.397 e. The quantitative estimate of drug-likeness (QED) is 0.828. The standard InChI is InChI=1S/C12H17N5O/c1-9-6-15-17(7-9)4-3-14-12(18)11-5-10(13)8-16(11)2/h5-8H,3-4,13H2,1-2H3,(H,14,18). The molecular formula is C12H17N5O. The molecule has 0 atom stereocenters. The maximum atomic E-state index is 11.9. The van der Waals surface area contributed by atoms with E-state index in [0.29, 0.717) is 24.5 Å². The van der Waals surface area contributed by atoms with Crippen molar-refractivity contribution in [3.8, 4) is 0 Å². The summed E-state index contributed by atoms with van der Waals surface area (Å²) >= 11 is 0. The summed E-state index contributed by atoms with van der Waals surface area (Å²) in [7, 11) is 1.79. The van der Waals surface area contributed by atoms with Gasteiger partial charge in [-0.3, -0.25) is 9.48 Å². The molecule has 0 saturated heterocycles. The number of hydrogen-bond acceptors (Lipinski definition) is 3. The van der Waals surface area contributed by atoms with Crippen LogP contribution in [0.1, 0.15) is 16.1 Å². The average Bonchev–Trinajstić information content (AvgIpc) is 2.85. The Balaban J connectivity index is 1.87. The highest BCUT2D eigenvalue weighted by molar-refractivity contribution is 5.93. The molecule has 0 aromatic carbocycles. The van der Waals surface area contributed by atoms with Gasteiger partial charge in [-0.05, 0) is 18.6 Å². The highest BCUT2D eigenvalue weighted by Gasteiger charge is 2.09. The van der Waals surface area contributed by atoms with Crippen molar-refractivity contribution >= 4 is 11.6 Å². The van der Waals surface area contributed by atoms with Crippen molar-refractivity contribution in [3.05, 3.63) is 35.9 Å². The first-order valence-electron chi connectivity index (χ1n) is 5.75. The average molecular weight is 247 g/mol. The molecule has 0 unspecified atom stereocenters. The van der Waals surface area contributed by atoms with Crippen LogP contribution in [0, 0.1) is 6.92 Å². The van der Waals surface area contributed by atoms with Crippen molar-refractivity contribution in [1.82, 2.24) is 19.7 Å². The van der Waals surface area contributed by atoms with E-state index in [0.717, 1.165) is 5.56 Å². The van der Waals surface area contributed by atoms with E-state index in [1.165, 1.54) is 0 Å². The second kappa shape index (κ2) is 4.95. The molecule has 2 aromatic heterocycles. The van der Waals surface area contributed by atoms with Gasteiger partial charge in [-0.25, -0.2) is 0 Å². The third kappa shape index (κ3) is 2.71. The van der Waals surface area contributed by atoms with Gasteiger partial charge in [0.25, 0.3) is 5.91 Å². The minimum absolute atomic E-state index is 0.127. The number of carbonyl (C=O) groups is 1. The lowest BCUT2D eigenvalue weighted by Gasteiger charge is -2.06. The Morgan fingerprint density at radius 1 is 1.50 bits per heavy atom. The summed E-state index contributed by atoms with van der Waals surface area (Å²) in [5, 5.41) is 6.98. The first-order chi connectivity index (χ1) is 8.56. The van der Waals surface area contributed by atoms with Crippen molar-refractivity contribution < 1.29 is 4.79 Å². The number of aromatic nitrogens is 3.